The Labute approximate surface area is 207 Å². The summed E-state index contributed by atoms with van der Waals surface area (Å²) in [6, 6.07) is 10.0. The van der Waals surface area contributed by atoms with Crippen molar-refractivity contribution >= 4 is 51.7 Å². The zero-order valence-electron chi connectivity index (χ0n) is 19.1. The van der Waals surface area contributed by atoms with Crippen LogP contribution in [0.4, 0.5) is 5.69 Å². The Kier molecular flexibility index (Phi) is 7.12. The van der Waals surface area contributed by atoms with Crippen LogP contribution in [0.5, 0.6) is 0 Å². The van der Waals surface area contributed by atoms with E-state index in [9.17, 15) is 19.2 Å². The molecule has 3 heterocycles. The minimum atomic E-state index is -0.529. The number of aromatic nitrogens is 4. The molecule has 0 radical (unpaired) electrons. The largest absolute Gasteiger partial charge is 0.462 e. The zero-order chi connectivity index (χ0) is 25.1. The monoisotopic (exact) mass is 511 g/mol. The first-order valence-corrected chi connectivity index (χ1v) is 12.4. The van der Waals surface area contributed by atoms with Gasteiger partial charge in [0, 0.05) is 19.8 Å². The Balaban J connectivity index is 1.61. The second-order valence-corrected chi connectivity index (χ2v) is 9.28. The quantitative estimate of drug-likeness (QED) is 0.228. The fourth-order valence-corrected chi connectivity index (χ4v) is 4.76. The van der Waals surface area contributed by atoms with Crippen LogP contribution in [-0.2, 0) is 23.6 Å². The number of carbonyl (C=O) groups is 2. The molecular formula is C23H21N5O5S2. The first-order valence-electron chi connectivity index (χ1n) is 10.5. The number of rotatable bonds is 7. The van der Waals surface area contributed by atoms with Crippen LogP contribution in [0.3, 0.4) is 0 Å². The lowest BCUT2D eigenvalue weighted by Gasteiger charge is -2.11. The van der Waals surface area contributed by atoms with Gasteiger partial charge in [0.05, 0.1) is 22.8 Å². The van der Waals surface area contributed by atoms with Crippen molar-refractivity contribution in [2.45, 2.75) is 11.9 Å². The molecule has 0 unspecified atom stereocenters. The lowest BCUT2D eigenvalue weighted by molar-refractivity contribution is -0.113. The van der Waals surface area contributed by atoms with Gasteiger partial charge in [-0.05, 0) is 42.6 Å². The molecule has 0 bridgehead atoms. The highest BCUT2D eigenvalue weighted by molar-refractivity contribution is 8.00. The number of nitrogens with one attached hydrogen (secondary N) is 1. The average Bonchev–Trinajstić information content (AvgIpc) is 3.40. The second kappa shape index (κ2) is 10.2. The van der Waals surface area contributed by atoms with Gasteiger partial charge in [0.25, 0.3) is 5.56 Å². The predicted octanol–water partition coefficient (Wildman–Crippen LogP) is 2.66. The van der Waals surface area contributed by atoms with E-state index in [1.54, 1.807) is 31.2 Å². The van der Waals surface area contributed by atoms with E-state index in [-0.39, 0.29) is 29.3 Å². The SMILES string of the molecule is CCOC(=O)c1ccc(NC(=O)CSc2nc(-c3cccs3)nc3c2c(=O)n(C)c(=O)n3C)cc1. The maximum atomic E-state index is 12.9. The Morgan fingerprint density at radius 3 is 2.49 bits per heavy atom. The van der Waals surface area contributed by atoms with E-state index in [4.69, 9.17) is 4.74 Å². The van der Waals surface area contributed by atoms with Crippen LogP contribution in [0, 0.1) is 0 Å². The second-order valence-electron chi connectivity index (χ2n) is 7.37. The molecule has 0 saturated carbocycles. The van der Waals surface area contributed by atoms with E-state index < -0.39 is 17.2 Å². The minimum Gasteiger partial charge on any atom is -0.462 e. The van der Waals surface area contributed by atoms with Crippen molar-refractivity contribution in [2.75, 3.05) is 17.7 Å². The number of amides is 1. The minimum absolute atomic E-state index is 0.0401. The number of hydrogen-bond donors (Lipinski definition) is 1. The summed E-state index contributed by atoms with van der Waals surface area (Å²) in [6.45, 7) is 2.00. The Morgan fingerprint density at radius 1 is 1.09 bits per heavy atom. The molecule has 10 nitrogen and oxygen atoms in total. The third kappa shape index (κ3) is 5.03. The van der Waals surface area contributed by atoms with Gasteiger partial charge in [0.2, 0.25) is 5.91 Å². The van der Waals surface area contributed by atoms with Gasteiger partial charge in [-0.15, -0.1) is 11.3 Å². The van der Waals surface area contributed by atoms with Crippen molar-refractivity contribution in [3.8, 4) is 10.7 Å². The Morgan fingerprint density at radius 2 is 1.83 bits per heavy atom. The summed E-state index contributed by atoms with van der Waals surface area (Å²) in [6.07, 6.45) is 0. The van der Waals surface area contributed by atoms with E-state index in [1.807, 2.05) is 17.5 Å². The molecule has 0 fully saturated rings. The molecule has 0 aliphatic heterocycles. The van der Waals surface area contributed by atoms with Gasteiger partial charge in [0.1, 0.15) is 10.4 Å². The lowest BCUT2D eigenvalue weighted by atomic mass is 10.2. The van der Waals surface area contributed by atoms with Gasteiger partial charge in [0.15, 0.2) is 11.5 Å². The number of anilines is 1. The van der Waals surface area contributed by atoms with Crippen LogP contribution < -0.4 is 16.6 Å². The Hall–Kier alpha value is -3.77. The molecule has 1 N–H and O–H groups in total. The number of fused-ring (bicyclic) bond motifs is 1. The molecule has 4 aromatic rings. The van der Waals surface area contributed by atoms with E-state index >= 15 is 0 Å². The van der Waals surface area contributed by atoms with Gasteiger partial charge < -0.3 is 10.1 Å². The first-order chi connectivity index (χ1) is 16.8. The molecule has 1 aromatic carbocycles. The third-order valence-electron chi connectivity index (χ3n) is 5.03. The van der Waals surface area contributed by atoms with Crippen molar-refractivity contribution in [3.05, 3.63) is 68.2 Å². The lowest BCUT2D eigenvalue weighted by Crippen LogP contribution is -2.37. The number of ether oxygens (including phenoxy) is 1. The van der Waals surface area contributed by atoms with Gasteiger partial charge in [-0.3, -0.25) is 18.7 Å². The van der Waals surface area contributed by atoms with Crippen molar-refractivity contribution < 1.29 is 14.3 Å². The summed E-state index contributed by atoms with van der Waals surface area (Å²) in [5.41, 5.74) is 0.0635. The molecule has 12 heteroatoms. The van der Waals surface area contributed by atoms with Crippen LogP contribution in [0.2, 0.25) is 0 Å². The molecule has 1 amide bonds. The molecule has 4 rings (SSSR count). The molecule has 0 aliphatic carbocycles. The van der Waals surface area contributed by atoms with E-state index in [0.29, 0.717) is 22.1 Å². The van der Waals surface area contributed by atoms with Gasteiger partial charge >= 0.3 is 11.7 Å². The topological polar surface area (TPSA) is 125 Å². The van der Waals surface area contributed by atoms with E-state index in [0.717, 1.165) is 21.2 Å². The number of nitrogens with zero attached hydrogens (tertiary/aromatic N) is 4. The van der Waals surface area contributed by atoms with Crippen molar-refractivity contribution in [2.24, 2.45) is 14.1 Å². The van der Waals surface area contributed by atoms with Gasteiger partial charge in [-0.1, -0.05) is 17.8 Å². The normalized spacial score (nSPS) is 10.9. The van der Waals surface area contributed by atoms with Crippen LogP contribution in [0.25, 0.3) is 21.7 Å². The Bertz CT molecular complexity index is 1530. The van der Waals surface area contributed by atoms with Crippen LogP contribution in [0.1, 0.15) is 17.3 Å². The molecule has 0 aliphatic rings. The highest BCUT2D eigenvalue weighted by Crippen LogP contribution is 2.28. The molecule has 0 saturated heterocycles. The maximum absolute atomic E-state index is 12.9. The van der Waals surface area contributed by atoms with Crippen molar-refractivity contribution in [3.63, 3.8) is 0 Å². The molecule has 3 aromatic heterocycles. The summed E-state index contributed by atoms with van der Waals surface area (Å²) in [7, 11) is 2.93. The molecule has 0 spiro atoms. The third-order valence-corrected chi connectivity index (χ3v) is 6.87. The fourth-order valence-electron chi connectivity index (χ4n) is 3.28. The fraction of sp³-hybridized carbons (Fsp3) is 0.217. The summed E-state index contributed by atoms with van der Waals surface area (Å²) < 4.78 is 7.24. The van der Waals surface area contributed by atoms with Gasteiger partial charge in [-0.2, -0.15) is 0 Å². The number of hydrogen-bond acceptors (Lipinski definition) is 9. The highest BCUT2D eigenvalue weighted by atomic mass is 32.2. The van der Waals surface area contributed by atoms with Crippen molar-refractivity contribution in [1.29, 1.82) is 0 Å². The smallest absolute Gasteiger partial charge is 0.338 e. The number of esters is 1. The standard InChI is InChI=1S/C23H21N5O5S2/c1-4-33-22(31)13-7-9-14(10-8-13)24-16(29)12-35-20-17-19(27(2)23(32)28(3)21(17)30)25-18(26-20)15-6-5-11-34-15/h5-11H,4,12H2,1-3H3,(H,24,29). The maximum Gasteiger partial charge on any atom is 0.338 e. The van der Waals surface area contributed by atoms with Crippen molar-refractivity contribution in [1.82, 2.24) is 19.1 Å². The number of carbonyl (C=O) groups excluding carboxylic acids is 2. The molecule has 180 valence electrons. The molecule has 0 atom stereocenters. The number of thiophene rings is 1. The zero-order valence-corrected chi connectivity index (χ0v) is 20.7. The average molecular weight is 512 g/mol. The predicted molar refractivity (Wildman–Crippen MR) is 135 cm³/mol. The highest BCUT2D eigenvalue weighted by Gasteiger charge is 2.19. The summed E-state index contributed by atoms with van der Waals surface area (Å²) in [5.74, 6) is -0.436. The van der Waals surface area contributed by atoms with Crippen LogP contribution in [0.15, 0.2) is 56.4 Å². The number of aryl methyl sites for hydroxylation is 1. The van der Waals surface area contributed by atoms with Crippen LogP contribution in [-0.4, -0.2) is 43.3 Å². The summed E-state index contributed by atoms with van der Waals surface area (Å²) in [4.78, 5) is 59.6. The number of benzene rings is 1. The van der Waals surface area contributed by atoms with Crippen LogP contribution >= 0.6 is 23.1 Å². The van der Waals surface area contributed by atoms with E-state index in [2.05, 4.69) is 15.3 Å². The summed E-state index contributed by atoms with van der Waals surface area (Å²) in [5, 5.41) is 5.11. The van der Waals surface area contributed by atoms with Gasteiger partial charge in [-0.25, -0.2) is 19.6 Å². The number of thioether (sulfide) groups is 1. The molecular weight excluding hydrogens is 490 g/mol. The summed E-state index contributed by atoms with van der Waals surface area (Å²) >= 11 is 2.51. The molecule has 35 heavy (non-hydrogen) atoms. The van der Waals surface area contributed by atoms with E-state index in [1.165, 1.54) is 30.0 Å². The first kappa shape index (κ1) is 24.4.